The van der Waals surface area contributed by atoms with Crippen molar-refractivity contribution in [2.45, 2.75) is 37.4 Å². The van der Waals surface area contributed by atoms with Crippen molar-refractivity contribution in [3.8, 4) is 11.6 Å². The number of nitrogens with two attached hydrogens (primary N) is 3. The summed E-state index contributed by atoms with van der Waals surface area (Å²) in [4.78, 5) is 36.9. The molecule has 1 aliphatic heterocycles. The van der Waals surface area contributed by atoms with Crippen molar-refractivity contribution in [3.05, 3.63) is 76.1 Å². The van der Waals surface area contributed by atoms with Crippen molar-refractivity contribution >= 4 is 38.8 Å². The molecular weight excluding hydrogens is 514 g/mol. The molecule has 8 N–H and O–H groups in total. The van der Waals surface area contributed by atoms with Crippen molar-refractivity contribution in [1.82, 2.24) is 20.6 Å². The number of aryl methyl sites for hydroxylation is 1. The Labute approximate surface area is 229 Å². The summed E-state index contributed by atoms with van der Waals surface area (Å²) in [5, 5.41) is 7.02. The highest BCUT2D eigenvalue weighted by atomic mass is 32.1. The standard InChI is InChI=1S/C28H29N7O3S/c1-14-25(33-13-19(34-14)38-16-7-3-2-4-8-16)28(31)17-9-10-18(29)23-20(17)21(22(30)26(28)36)24(39-23)27(37)35-15-6-5-11-32-12-15/h2-4,7-10,13,15,22,32H,5-6,11-12,29-31H2,1H3,(H,35,37). The number of nitrogens with zero attached hydrogens (tertiary/aromatic N) is 2. The average molecular weight is 544 g/mol. The van der Waals surface area contributed by atoms with Crippen LogP contribution in [0.5, 0.6) is 11.6 Å². The van der Waals surface area contributed by atoms with Gasteiger partial charge in [0, 0.05) is 29.2 Å². The first-order valence-electron chi connectivity index (χ1n) is 12.8. The Kier molecular flexibility index (Phi) is 6.31. The van der Waals surface area contributed by atoms with E-state index in [1.807, 2.05) is 18.2 Å². The molecule has 3 heterocycles. The molecule has 0 bridgehead atoms. The van der Waals surface area contributed by atoms with Crippen LogP contribution in [0.15, 0.2) is 48.7 Å². The number of para-hydroxylation sites is 1. The third-order valence-corrected chi connectivity index (χ3v) is 8.67. The number of rotatable bonds is 5. The number of hydrogen-bond acceptors (Lipinski definition) is 10. The lowest BCUT2D eigenvalue weighted by Gasteiger charge is -2.36. The molecule has 11 heteroatoms. The van der Waals surface area contributed by atoms with Gasteiger partial charge in [-0.1, -0.05) is 24.3 Å². The second kappa shape index (κ2) is 9.69. The van der Waals surface area contributed by atoms with Gasteiger partial charge in [0.2, 0.25) is 5.88 Å². The van der Waals surface area contributed by atoms with Gasteiger partial charge >= 0.3 is 0 Å². The number of nitrogen functional groups attached to an aromatic ring is 1. The van der Waals surface area contributed by atoms with Crippen molar-refractivity contribution in [1.29, 1.82) is 0 Å². The number of anilines is 1. The molecule has 39 heavy (non-hydrogen) atoms. The fraction of sp³-hybridized carbons (Fsp3) is 0.286. The topological polar surface area (TPSA) is 171 Å². The lowest BCUT2D eigenvalue weighted by atomic mass is 9.71. The molecule has 3 atom stereocenters. The highest BCUT2D eigenvalue weighted by Crippen LogP contribution is 2.49. The van der Waals surface area contributed by atoms with E-state index in [2.05, 4.69) is 20.6 Å². The first-order valence-corrected chi connectivity index (χ1v) is 13.6. The minimum atomic E-state index is -1.69. The predicted molar refractivity (Wildman–Crippen MR) is 150 cm³/mol. The molecule has 200 valence electrons. The molecule has 2 aromatic heterocycles. The van der Waals surface area contributed by atoms with Gasteiger partial charge < -0.3 is 32.6 Å². The molecule has 2 aromatic carbocycles. The molecule has 1 fully saturated rings. The highest BCUT2D eigenvalue weighted by Gasteiger charge is 2.50. The van der Waals surface area contributed by atoms with Gasteiger partial charge in [-0.15, -0.1) is 11.3 Å². The van der Waals surface area contributed by atoms with Gasteiger partial charge in [0.25, 0.3) is 5.91 Å². The van der Waals surface area contributed by atoms with E-state index < -0.39 is 17.4 Å². The zero-order valence-electron chi connectivity index (χ0n) is 21.4. The van der Waals surface area contributed by atoms with E-state index in [4.69, 9.17) is 21.9 Å². The number of aromatic nitrogens is 2. The van der Waals surface area contributed by atoms with Gasteiger partial charge in [0.05, 0.1) is 33.2 Å². The smallest absolute Gasteiger partial charge is 0.262 e. The van der Waals surface area contributed by atoms with Crippen molar-refractivity contribution in [2.24, 2.45) is 11.5 Å². The van der Waals surface area contributed by atoms with Crippen LogP contribution in [-0.4, -0.2) is 40.8 Å². The van der Waals surface area contributed by atoms with E-state index in [0.29, 0.717) is 49.8 Å². The van der Waals surface area contributed by atoms with Crippen LogP contribution in [0.25, 0.3) is 10.1 Å². The number of ketones is 1. The monoisotopic (exact) mass is 543 g/mol. The number of piperidine rings is 1. The van der Waals surface area contributed by atoms with Gasteiger partial charge in [-0.05, 0) is 50.1 Å². The Hall–Kier alpha value is -3.90. The van der Waals surface area contributed by atoms with Crippen LogP contribution in [-0.2, 0) is 10.3 Å². The van der Waals surface area contributed by atoms with E-state index >= 15 is 0 Å². The number of thiophene rings is 1. The van der Waals surface area contributed by atoms with Crippen LogP contribution in [0.2, 0.25) is 0 Å². The normalized spacial score (nSPS) is 22.6. The zero-order chi connectivity index (χ0) is 27.3. The molecular formula is C28H29N7O3S. The zero-order valence-corrected chi connectivity index (χ0v) is 22.2. The van der Waals surface area contributed by atoms with Crippen LogP contribution in [0, 0.1) is 6.92 Å². The number of carbonyl (C=O) groups is 2. The Morgan fingerprint density at radius 2 is 2.03 bits per heavy atom. The van der Waals surface area contributed by atoms with Crippen molar-refractivity contribution in [3.63, 3.8) is 0 Å². The SMILES string of the molecule is Cc1nc(Oc2ccccc2)cnc1C1(N)C(=O)C(N)c2c(C(=O)NC3CCCNC3)sc3c(N)ccc1c23. The fourth-order valence-corrected chi connectivity index (χ4v) is 6.73. The van der Waals surface area contributed by atoms with E-state index in [-0.39, 0.29) is 23.5 Å². The number of carbonyl (C=O) groups excluding carboxylic acids is 2. The number of amides is 1. The molecule has 1 saturated heterocycles. The lowest BCUT2D eigenvalue weighted by Crippen LogP contribution is -2.53. The van der Waals surface area contributed by atoms with Gasteiger partial charge in [-0.3, -0.25) is 14.6 Å². The molecule has 0 radical (unpaired) electrons. The molecule has 1 aliphatic carbocycles. The molecule has 0 saturated carbocycles. The first kappa shape index (κ1) is 25.4. The highest BCUT2D eigenvalue weighted by molar-refractivity contribution is 7.21. The van der Waals surface area contributed by atoms with Crippen LogP contribution in [0.4, 0.5) is 5.69 Å². The van der Waals surface area contributed by atoms with E-state index in [1.54, 1.807) is 31.2 Å². The lowest BCUT2D eigenvalue weighted by molar-refractivity contribution is -0.124. The van der Waals surface area contributed by atoms with E-state index in [1.165, 1.54) is 17.5 Å². The van der Waals surface area contributed by atoms with Crippen LogP contribution in [0.1, 0.15) is 51.1 Å². The van der Waals surface area contributed by atoms with Crippen LogP contribution >= 0.6 is 11.3 Å². The van der Waals surface area contributed by atoms with E-state index in [0.717, 1.165) is 19.4 Å². The van der Waals surface area contributed by atoms with Gasteiger partial charge in [0.1, 0.15) is 11.3 Å². The number of hydrogen-bond donors (Lipinski definition) is 5. The molecule has 3 unspecified atom stereocenters. The molecule has 0 spiro atoms. The third kappa shape index (κ3) is 4.14. The summed E-state index contributed by atoms with van der Waals surface area (Å²) < 4.78 is 6.48. The molecule has 6 rings (SSSR count). The molecule has 1 amide bonds. The fourth-order valence-electron chi connectivity index (χ4n) is 5.53. The summed E-state index contributed by atoms with van der Waals surface area (Å²) in [5.74, 6) is 0.141. The van der Waals surface area contributed by atoms with Crippen molar-refractivity contribution in [2.75, 3.05) is 18.8 Å². The minimum Gasteiger partial charge on any atom is -0.437 e. The number of ether oxygens (including phenoxy) is 1. The van der Waals surface area contributed by atoms with Crippen molar-refractivity contribution < 1.29 is 14.3 Å². The Balaban J connectivity index is 1.44. The number of benzene rings is 2. The summed E-state index contributed by atoms with van der Waals surface area (Å²) in [6.45, 7) is 3.35. The summed E-state index contributed by atoms with van der Waals surface area (Å²) in [6, 6.07) is 11.5. The minimum absolute atomic E-state index is 0.000797. The Morgan fingerprint density at radius 1 is 1.23 bits per heavy atom. The van der Waals surface area contributed by atoms with Crippen LogP contribution < -0.4 is 32.6 Å². The van der Waals surface area contributed by atoms with Crippen LogP contribution in [0.3, 0.4) is 0 Å². The summed E-state index contributed by atoms with van der Waals surface area (Å²) in [7, 11) is 0. The second-order valence-corrected chi connectivity index (χ2v) is 11.0. The summed E-state index contributed by atoms with van der Waals surface area (Å²) in [6.07, 6.45) is 3.30. The summed E-state index contributed by atoms with van der Waals surface area (Å²) >= 11 is 1.23. The maximum Gasteiger partial charge on any atom is 0.262 e. The van der Waals surface area contributed by atoms with Gasteiger partial charge in [0.15, 0.2) is 5.78 Å². The van der Waals surface area contributed by atoms with Gasteiger partial charge in [-0.25, -0.2) is 4.98 Å². The third-order valence-electron chi connectivity index (χ3n) is 7.42. The molecule has 2 aliphatic rings. The average Bonchev–Trinajstić information content (AvgIpc) is 3.35. The quantitative estimate of drug-likeness (QED) is 0.237. The van der Waals surface area contributed by atoms with E-state index in [9.17, 15) is 9.59 Å². The second-order valence-electron chi connectivity index (χ2n) is 9.98. The van der Waals surface area contributed by atoms with Gasteiger partial charge in [-0.2, -0.15) is 0 Å². The largest absolute Gasteiger partial charge is 0.437 e. The number of nitrogens with one attached hydrogen (secondary N) is 2. The Morgan fingerprint density at radius 3 is 2.74 bits per heavy atom. The maximum absolute atomic E-state index is 14.0. The summed E-state index contributed by atoms with van der Waals surface area (Å²) in [5.41, 5.74) is 20.3. The predicted octanol–water partition coefficient (Wildman–Crippen LogP) is 2.64. The first-order chi connectivity index (χ1) is 18.8. The number of Topliss-reactive ketones (excluding diaryl/α,β-unsaturated/α-hetero) is 1. The Bertz CT molecular complexity index is 1600. The maximum atomic E-state index is 14.0. The molecule has 4 aromatic rings. The molecule has 10 nitrogen and oxygen atoms in total.